The van der Waals surface area contributed by atoms with E-state index in [-0.39, 0.29) is 11.5 Å². The van der Waals surface area contributed by atoms with Gasteiger partial charge in [-0.3, -0.25) is 0 Å². The Bertz CT molecular complexity index is 1300. The van der Waals surface area contributed by atoms with Gasteiger partial charge in [-0.05, 0) is 48.7 Å². The summed E-state index contributed by atoms with van der Waals surface area (Å²) in [6, 6.07) is 20.4. The van der Waals surface area contributed by atoms with Gasteiger partial charge in [0.1, 0.15) is 11.5 Å². The number of rotatable bonds is 5. The van der Waals surface area contributed by atoms with Gasteiger partial charge in [-0.1, -0.05) is 48.5 Å². The Morgan fingerprint density at radius 3 is 2.15 bits per heavy atom. The number of para-hydroxylation sites is 1. The third kappa shape index (κ3) is 5.23. The quantitative estimate of drug-likeness (QED) is 0.338. The zero-order valence-corrected chi connectivity index (χ0v) is 17.4. The van der Waals surface area contributed by atoms with Crippen molar-refractivity contribution in [2.24, 2.45) is 0 Å². The summed E-state index contributed by atoms with van der Waals surface area (Å²) in [4.78, 5) is 15.9. The van der Waals surface area contributed by atoms with Crippen LogP contribution in [0.2, 0.25) is 0 Å². The average molecular weight is 453 g/mol. The van der Waals surface area contributed by atoms with Gasteiger partial charge in [0.25, 0.3) is 0 Å². The molecule has 0 aliphatic rings. The number of fused-ring (bicyclic) bond motifs is 1. The minimum absolute atomic E-state index is 0.244. The summed E-state index contributed by atoms with van der Waals surface area (Å²) in [6.07, 6.45) is -5.60. The van der Waals surface area contributed by atoms with Crippen molar-refractivity contribution in [2.45, 2.75) is 19.7 Å². The number of hydrogen-bond donors (Lipinski definition) is 1. The van der Waals surface area contributed by atoms with Crippen LogP contribution in [0.4, 0.5) is 18.0 Å². The Hall–Kier alpha value is -4.07. The predicted molar refractivity (Wildman–Crippen MR) is 116 cm³/mol. The minimum Gasteiger partial charge on any atom is -0.449 e. The number of ether oxygens (including phenoxy) is 2. The lowest BCUT2D eigenvalue weighted by molar-refractivity contribution is -0.274. The van der Waals surface area contributed by atoms with Crippen LogP contribution in [0.5, 0.6) is 11.5 Å². The van der Waals surface area contributed by atoms with E-state index in [2.05, 4.69) is 9.72 Å². The first-order valence-electron chi connectivity index (χ1n) is 9.94. The van der Waals surface area contributed by atoms with E-state index < -0.39 is 12.5 Å². The van der Waals surface area contributed by atoms with Crippen molar-refractivity contribution < 1.29 is 32.5 Å². The van der Waals surface area contributed by atoms with E-state index in [0.717, 1.165) is 16.7 Å². The fourth-order valence-corrected chi connectivity index (χ4v) is 3.60. The van der Waals surface area contributed by atoms with Crippen molar-refractivity contribution in [3.8, 4) is 22.8 Å². The Labute approximate surface area is 187 Å². The number of aromatic nitrogens is 1. The van der Waals surface area contributed by atoms with E-state index in [1.54, 1.807) is 37.3 Å². The third-order valence-electron chi connectivity index (χ3n) is 5.06. The van der Waals surface area contributed by atoms with Gasteiger partial charge >= 0.3 is 12.5 Å². The molecule has 3 aromatic carbocycles. The smallest absolute Gasteiger partial charge is 0.449 e. The second-order valence-electron chi connectivity index (χ2n) is 7.37. The summed E-state index contributed by atoms with van der Waals surface area (Å²) in [5.41, 5.74) is 4.37. The van der Waals surface area contributed by atoms with Crippen molar-refractivity contribution >= 4 is 17.1 Å². The van der Waals surface area contributed by atoms with E-state index in [1.807, 2.05) is 30.3 Å². The molecule has 1 aromatic heterocycles. The van der Waals surface area contributed by atoms with Crippen LogP contribution in [0.3, 0.4) is 0 Å². The van der Waals surface area contributed by atoms with Crippen molar-refractivity contribution in [3.05, 3.63) is 89.5 Å². The van der Waals surface area contributed by atoms with Gasteiger partial charge in [-0.15, -0.1) is 13.2 Å². The lowest BCUT2D eigenvalue weighted by Crippen LogP contribution is -2.17. The highest BCUT2D eigenvalue weighted by molar-refractivity contribution is 5.91. The largest absolute Gasteiger partial charge is 0.573 e. The van der Waals surface area contributed by atoms with E-state index in [4.69, 9.17) is 9.84 Å². The number of benzene rings is 3. The molecule has 0 saturated carbocycles. The number of hydrogen-bond acceptors (Lipinski definition) is 4. The van der Waals surface area contributed by atoms with Crippen molar-refractivity contribution in [3.63, 3.8) is 0 Å². The Kier molecular flexibility index (Phi) is 5.91. The molecule has 168 valence electrons. The molecule has 0 aliphatic heterocycles. The fraction of sp³-hybridized carbons (Fsp3) is 0.120. The minimum atomic E-state index is -4.72. The van der Waals surface area contributed by atoms with Gasteiger partial charge in [-0.2, -0.15) is 0 Å². The molecule has 0 atom stereocenters. The molecule has 8 heteroatoms. The predicted octanol–water partition coefficient (Wildman–Crippen LogP) is 6.76. The zero-order valence-electron chi connectivity index (χ0n) is 17.4. The highest BCUT2D eigenvalue weighted by Gasteiger charge is 2.30. The zero-order chi connectivity index (χ0) is 23.6. The highest BCUT2D eigenvalue weighted by Crippen LogP contribution is 2.35. The molecule has 4 rings (SSSR count). The lowest BCUT2D eigenvalue weighted by atomic mass is 9.99. The van der Waals surface area contributed by atoms with Crippen LogP contribution >= 0.6 is 0 Å². The van der Waals surface area contributed by atoms with Crippen LogP contribution in [0.15, 0.2) is 72.8 Å². The summed E-state index contributed by atoms with van der Waals surface area (Å²) in [6.45, 7) is 1.76. The number of pyridine rings is 1. The standard InChI is InChI=1S/C25H18F3NO4/c1-15-22(29-21-5-3-2-4-20(21)23(15)32-24(30)31)18-10-6-16(7-11-18)14-17-8-12-19(13-9-17)33-25(26,27)28/h2-13H,14H2,1H3,(H,30,31). The topological polar surface area (TPSA) is 68.7 Å². The first kappa shape index (κ1) is 22.1. The molecule has 0 aliphatic carbocycles. The molecule has 0 radical (unpaired) electrons. The van der Waals surface area contributed by atoms with Crippen LogP contribution < -0.4 is 9.47 Å². The summed E-state index contributed by atoms with van der Waals surface area (Å²) < 4.78 is 45.9. The molecule has 0 saturated heterocycles. The monoisotopic (exact) mass is 453 g/mol. The van der Waals surface area contributed by atoms with E-state index in [1.165, 1.54) is 12.1 Å². The Balaban J connectivity index is 1.59. The normalized spacial score (nSPS) is 11.4. The average Bonchev–Trinajstić information content (AvgIpc) is 2.76. The molecule has 0 fully saturated rings. The summed E-state index contributed by atoms with van der Waals surface area (Å²) in [5, 5.41) is 9.76. The van der Waals surface area contributed by atoms with E-state index in [0.29, 0.717) is 28.6 Å². The number of carboxylic acid groups (broad SMARTS) is 1. The first-order valence-corrected chi connectivity index (χ1v) is 9.94. The van der Waals surface area contributed by atoms with Gasteiger partial charge in [0, 0.05) is 16.5 Å². The van der Waals surface area contributed by atoms with E-state index >= 15 is 0 Å². The molecule has 5 nitrogen and oxygen atoms in total. The summed E-state index contributed by atoms with van der Waals surface area (Å²) in [5.74, 6) is -0.0211. The number of nitrogens with zero attached hydrogens (tertiary/aromatic N) is 1. The molecule has 4 aromatic rings. The maximum absolute atomic E-state index is 12.3. The SMILES string of the molecule is Cc1c(-c2ccc(Cc3ccc(OC(F)(F)F)cc3)cc2)nc2ccccc2c1OC(=O)O. The molecule has 1 heterocycles. The summed E-state index contributed by atoms with van der Waals surface area (Å²) >= 11 is 0. The second kappa shape index (κ2) is 8.82. The highest BCUT2D eigenvalue weighted by atomic mass is 19.4. The van der Waals surface area contributed by atoms with Gasteiger partial charge in [0.15, 0.2) is 0 Å². The molecular weight excluding hydrogens is 435 g/mol. The molecule has 0 amide bonds. The maximum Gasteiger partial charge on any atom is 0.573 e. The van der Waals surface area contributed by atoms with Crippen LogP contribution in [-0.4, -0.2) is 22.6 Å². The second-order valence-corrected chi connectivity index (χ2v) is 7.37. The number of carbonyl (C=O) groups is 1. The van der Waals surface area contributed by atoms with Crippen LogP contribution in [0.25, 0.3) is 22.2 Å². The molecule has 33 heavy (non-hydrogen) atoms. The Morgan fingerprint density at radius 1 is 0.939 bits per heavy atom. The Morgan fingerprint density at radius 2 is 1.55 bits per heavy atom. The van der Waals surface area contributed by atoms with Gasteiger partial charge in [-0.25, -0.2) is 9.78 Å². The molecule has 0 spiro atoms. The fourth-order valence-electron chi connectivity index (χ4n) is 3.60. The van der Waals surface area contributed by atoms with Gasteiger partial charge < -0.3 is 14.6 Å². The van der Waals surface area contributed by atoms with Crippen molar-refractivity contribution in [1.29, 1.82) is 0 Å². The lowest BCUT2D eigenvalue weighted by Gasteiger charge is -2.13. The van der Waals surface area contributed by atoms with Gasteiger partial charge in [0.05, 0.1) is 11.2 Å². The maximum atomic E-state index is 12.3. The van der Waals surface area contributed by atoms with Crippen molar-refractivity contribution in [2.75, 3.05) is 0 Å². The summed E-state index contributed by atoms with van der Waals surface area (Å²) in [7, 11) is 0. The van der Waals surface area contributed by atoms with Crippen molar-refractivity contribution in [1.82, 2.24) is 4.98 Å². The molecule has 0 bridgehead atoms. The molecule has 1 N–H and O–H groups in total. The third-order valence-corrected chi connectivity index (χ3v) is 5.06. The first-order chi connectivity index (χ1) is 15.7. The van der Waals surface area contributed by atoms with Gasteiger partial charge in [0.2, 0.25) is 0 Å². The molecule has 0 unspecified atom stereocenters. The van der Waals surface area contributed by atoms with Crippen LogP contribution in [0.1, 0.15) is 16.7 Å². The van der Waals surface area contributed by atoms with Crippen LogP contribution in [0, 0.1) is 6.92 Å². The molecular formula is C25H18F3NO4. The van der Waals surface area contributed by atoms with Crippen LogP contribution in [-0.2, 0) is 6.42 Å². The number of halogens is 3. The van der Waals surface area contributed by atoms with E-state index in [9.17, 15) is 18.0 Å². The number of alkyl halides is 3.